The van der Waals surface area contributed by atoms with Gasteiger partial charge in [0, 0.05) is 61.4 Å². The standard InChI is InChI=1S/C22H34N4/c1-18-15-20-19(7-6-8-21(20)24-18)16-23-17-22(9-4-3-5-10-22)26-13-11-25(2)12-14-26/h6-8,15,23-24H,3-5,9-14,16-17H2,1-2H3. The van der Waals surface area contributed by atoms with Gasteiger partial charge in [0.25, 0.3) is 0 Å². The van der Waals surface area contributed by atoms with Gasteiger partial charge >= 0.3 is 0 Å². The molecule has 1 aromatic carbocycles. The smallest absolute Gasteiger partial charge is 0.0459 e. The number of nitrogens with zero attached hydrogens (tertiary/aromatic N) is 2. The van der Waals surface area contributed by atoms with Crippen molar-refractivity contribution in [2.24, 2.45) is 0 Å². The first-order valence-corrected chi connectivity index (χ1v) is 10.4. The number of nitrogens with one attached hydrogen (secondary N) is 2. The lowest BCUT2D eigenvalue weighted by atomic mass is 9.79. The molecule has 4 heteroatoms. The molecule has 1 aromatic heterocycles. The Bertz CT molecular complexity index is 721. The molecule has 2 N–H and O–H groups in total. The zero-order valence-electron chi connectivity index (χ0n) is 16.5. The monoisotopic (exact) mass is 354 g/mol. The summed E-state index contributed by atoms with van der Waals surface area (Å²) >= 11 is 0. The van der Waals surface area contributed by atoms with Crippen LogP contribution in [0.2, 0.25) is 0 Å². The van der Waals surface area contributed by atoms with Gasteiger partial charge < -0.3 is 15.2 Å². The van der Waals surface area contributed by atoms with Gasteiger partial charge in [-0.05, 0) is 44.5 Å². The van der Waals surface area contributed by atoms with E-state index in [1.54, 1.807) is 0 Å². The van der Waals surface area contributed by atoms with Crippen LogP contribution in [0.3, 0.4) is 0 Å². The third-order valence-electron chi connectivity index (χ3n) is 6.62. The van der Waals surface area contributed by atoms with Crippen molar-refractivity contribution < 1.29 is 0 Å². The van der Waals surface area contributed by atoms with Crippen molar-refractivity contribution in [3.63, 3.8) is 0 Å². The van der Waals surface area contributed by atoms with Gasteiger partial charge in [0.2, 0.25) is 0 Å². The number of likely N-dealkylation sites (N-methyl/N-ethyl adjacent to an activating group) is 1. The van der Waals surface area contributed by atoms with E-state index in [4.69, 9.17) is 0 Å². The molecular formula is C22H34N4. The van der Waals surface area contributed by atoms with Gasteiger partial charge in [0.1, 0.15) is 0 Å². The summed E-state index contributed by atoms with van der Waals surface area (Å²) < 4.78 is 0. The number of rotatable bonds is 5. The van der Waals surface area contributed by atoms with Crippen molar-refractivity contribution in [3.8, 4) is 0 Å². The van der Waals surface area contributed by atoms with Crippen LogP contribution in [-0.2, 0) is 6.54 Å². The molecule has 0 spiro atoms. The van der Waals surface area contributed by atoms with Crippen molar-refractivity contribution in [2.45, 2.75) is 51.1 Å². The number of piperazine rings is 1. The van der Waals surface area contributed by atoms with E-state index in [1.165, 1.54) is 80.4 Å². The van der Waals surface area contributed by atoms with Crippen LogP contribution in [0.15, 0.2) is 24.3 Å². The van der Waals surface area contributed by atoms with Crippen molar-refractivity contribution in [1.29, 1.82) is 0 Å². The minimum absolute atomic E-state index is 0.376. The largest absolute Gasteiger partial charge is 0.359 e. The quantitative estimate of drug-likeness (QED) is 0.862. The zero-order chi connectivity index (χ0) is 18.0. The van der Waals surface area contributed by atoms with Crippen LogP contribution in [0.1, 0.15) is 43.4 Å². The van der Waals surface area contributed by atoms with E-state index in [-0.39, 0.29) is 0 Å². The minimum atomic E-state index is 0.376. The Morgan fingerprint density at radius 3 is 2.62 bits per heavy atom. The fourth-order valence-corrected chi connectivity index (χ4v) is 5.04. The molecule has 1 saturated heterocycles. The van der Waals surface area contributed by atoms with Gasteiger partial charge in [-0.25, -0.2) is 0 Å². The number of hydrogen-bond acceptors (Lipinski definition) is 3. The first-order valence-electron chi connectivity index (χ1n) is 10.4. The van der Waals surface area contributed by atoms with Crippen LogP contribution in [0.25, 0.3) is 10.9 Å². The summed E-state index contributed by atoms with van der Waals surface area (Å²) in [5, 5.41) is 5.22. The predicted molar refractivity (Wildman–Crippen MR) is 110 cm³/mol. The molecule has 2 heterocycles. The average molecular weight is 355 g/mol. The summed E-state index contributed by atoms with van der Waals surface area (Å²) in [5.41, 5.74) is 4.29. The second kappa shape index (κ2) is 7.71. The number of aromatic nitrogens is 1. The van der Waals surface area contributed by atoms with Crippen LogP contribution in [-0.4, -0.2) is 60.1 Å². The second-order valence-corrected chi connectivity index (χ2v) is 8.51. The Labute approximate surface area is 157 Å². The fraction of sp³-hybridized carbons (Fsp3) is 0.636. The van der Waals surface area contributed by atoms with Gasteiger partial charge in [-0.2, -0.15) is 0 Å². The van der Waals surface area contributed by atoms with Crippen LogP contribution in [0, 0.1) is 6.92 Å². The van der Waals surface area contributed by atoms with Gasteiger partial charge in [-0.3, -0.25) is 4.90 Å². The number of aromatic amines is 1. The number of fused-ring (bicyclic) bond motifs is 1. The lowest BCUT2D eigenvalue weighted by Crippen LogP contribution is -2.61. The average Bonchev–Trinajstić information content (AvgIpc) is 3.04. The van der Waals surface area contributed by atoms with E-state index in [0.29, 0.717) is 5.54 Å². The third kappa shape index (κ3) is 3.68. The van der Waals surface area contributed by atoms with Crippen LogP contribution in [0.4, 0.5) is 0 Å². The summed E-state index contributed by atoms with van der Waals surface area (Å²) in [6, 6.07) is 8.90. The fourth-order valence-electron chi connectivity index (χ4n) is 5.04. The zero-order valence-corrected chi connectivity index (χ0v) is 16.5. The number of aryl methyl sites for hydroxylation is 1. The SMILES string of the molecule is Cc1cc2c(CNCC3(N4CCN(C)CC4)CCCCC3)cccc2[nH]1. The molecule has 1 saturated carbocycles. The van der Waals surface area contributed by atoms with Crippen LogP contribution in [0.5, 0.6) is 0 Å². The van der Waals surface area contributed by atoms with E-state index in [0.717, 1.165) is 13.1 Å². The summed E-state index contributed by atoms with van der Waals surface area (Å²) in [7, 11) is 2.25. The van der Waals surface area contributed by atoms with E-state index < -0.39 is 0 Å². The topological polar surface area (TPSA) is 34.3 Å². The molecule has 0 bridgehead atoms. The molecule has 0 unspecified atom stereocenters. The Morgan fingerprint density at radius 1 is 1.08 bits per heavy atom. The molecule has 4 nitrogen and oxygen atoms in total. The maximum absolute atomic E-state index is 3.85. The van der Waals surface area contributed by atoms with E-state index in [1.807, 2.05) is 0 Å². The number of hydrogen-bond donors (Lipinski definition) is 2. The Balaban J connectivity index is 1.44. The van der Waals surface area contributed by atoms with Crippen LogP contribution >= 0.6 is 0 Å². The van der Waals surface area contributed by atoms with Crippen molar-refractivity contribution in [3.05, 3.63) is 35.5 Å². The third-order valence-corrected chi connectivity index (χ3v) is 6.62. The molecule has 2 fully saturated rings. The lowest BCUT2D eigenvalue weighted by Gasteiger charge is -2.49. The molecule has 2 aromatic rings. The molecule has 26 heavy (non-hydrogen) atoms. The summed E-state index contributed by atoms with van der Waals surface area (Å²) in [6.07, 6.45) is 6.91. The summed E-state index contributed by atoms with van der Waals surface area (Å²) in [4.78, 5) is 8.73. The molecule has 4 rings (SSSR count). The van der Waals surface area contributed by atoms with Gasteiger partial charge in [0.15, 0.2) is 0 Å². The maximum atomic E-state index is 3.85. The highest BCUT2D eigenvalue weighted by Gasteiger charge is 2.38. The summed E-state index contributed by atoms with van der Waals surface area (Å²) in [6.45, 7) is 9.10. The van der Waals surface area contributed by atoms with Gasteiger partial charge in [-0.15, -0.1) is 0 Å². The van der Waals surface area contributed by atoms with E-state index in [2.05, 4.69) is 58.3 Å². The Kier molecular flexibility index (Phi) is 5.35. The molecule has 1 aliphatic carbocycles. The molecule has 0 amide bonds. The number of benzene rings is 1. The lowest BCUT2D eigenvalue weighted by molar-refractivity contribution is 0.0136. The van der Waals surface area contributed by atoms with Crippen molar-refractivity contribution >= 4 is 10.9 Å². The molecule has 1 aliphatic heterocycles. The molecule has 0 atom stereocenters. The van der Waals surface area contributed by atoms with Crippen molar-refractivity contribution in [2.75, 3.05) is 39.8 Å². The first-order chi connectivity index (χ1) is 12.7. The second-order valence-electron chi connectivity index (χ2n) is 8.51. The predicted octanol–water partition coefficient (Wildman–Crippen LogP) is 3.52. The van der Waals surface area contributed by atoms with E-state index >= 15 is 0 Å². The van der Waals surface area contributed by atoms with E-state index in [9.17, 15) is 0 Å². The Hall–Kier alpha value is -1.36. The minimum Gasteiger partial charge on any atom is -0.359 e. The normalized spacial score (nSPS) is 22.1. The molecule has 142 valence electrons. The molecule has 0 radical (unpaired) electrons. The highest BCUT2D eigenvalue weighted by Crippen LogP contribution is 2.34. The highest BCUT2D eigenvalue weighted by molar-refractivity contribution is 5.83. The summed E-state index contributed by atoms with van der Waals surface area (Å²) in [5.74, 6) is 0. The molecular weight excluding hydrogens is 320 g/mol. The number of H-pyrrole nitrogens is 1. The van der Waals surface area contributed by atoms with Crippen LogP contribution < -0.4 is 5.32 Å². The van der Waals surface area contributed by atoms with Gasteiger partial charge in [-0.1, -0.05) is 31.4 Å². The maximum Gasteiger partial charge on any atom is 0.0459 e. The highest BCUT2D eigenvalue weighted by atomic mass is 15.3. The van der Waals surface area contributed by atoms with Crippen molar-refractivity contribution in [1.82, 2.24) is 20.1 Å². The molecule has 2 aliphatic rings. The Morgan fingerprint density at radius 2 is 1.85 bits per heavy atom. The first kappa shape index (κ1) is 18.0. The van der Waals surface area contributed by atoms with Gasteiger partial charge in [0.05, 0.1) is 0 Å².